The number of imide groups is 1. The second-order valence-corrected chi connectivity index (χ2v) is 21.0. The van der Waals surface area contributed by atoms with E-state index in [1.165, 1.54) is 12.2 Å². The number of aliphatic carboxylic acids is 1. The quantitative estimate of drug-likeness (QED) is 0.0360. The molecule has 0 fully saturated rings. The number of carbonyl (C=O) groups excluding carboxylic acids is 8. The van der Waals surface area contributed by atoms with Gasteiger partial charge in [0.1, 0.15) is 11.6 Å². The van der Waals surface area contributed by atoms with E-state index in [0.717, 1.165) is 16.9 Å². The van der Waals surface area contributed by atoms with Gasteiger partial charge in [-0.25, -0.2) is 4.79 Å². The Morgan fingerprint density at radius 2 is 1.15 bits per heavy atom. The number of hydrogen-bond acceptors (Lipinski definition) is 15. The fraction of sp³-hybridized carbons (Fsp3) is 0.691. The maximum atomic E-state index is 13.4. The predicted octanol–water partition coefficient (Wildman–Crippen LogP) is 3.96. The molecule has 0 aliphatic carbocycles. The van der Waals surface area contributed by atoms with Gasteiger partial charge >= 0.3 is 12.1 Å². The topological polar surface area (TPSA) is 305 Å². The van der Waals surface area contributed by atoms with Crippen LogP contribution in [0.2, 0.25) is 0 Å². The van der Waals surface area contributed by atoms with Crippen molar-refractivity contribution in [1.82, 2.24) is 31.5 Å². The van der Waals surface area contributed by atoms with Crippen LogP contribution >= 0.6 is 0 Å². The van der Waals surface area contributed by atoms with E-state index in [0.29, 0.717) is 64.3 Å². The molecule has 0 spiro atoms. The monoisotopic (exact) mass is 1100 g/mol. The van der Waals surface area contributed by atoms with Crippen LogP contribution in [0.25, 0.3) is 0 Å². The summed E-state index contributed by atoms with van der Waals surface area (Å²) in [5, 5.41) is 25.7. The maximum Gasteiger partial charge on any atom is 0.407 e. The first-order chi connectivity index (χ1) is 37.0. The Morgan fingerprint density at radius 3 is 1.74 bits per heavy atom. The third kappa shape index (κ3) is 34.0. The molecule has 0 aromatic heterocycles. The molecular formula is C55H89N7O16. The number of nitrogens with one attached hydrogen (secondary N) is 6. The van der Waals surface area contributed by atoms with Crippen LogP contribution in [0, 0.1) is 11.3 Å². The standard InChI is InChI=1S/C55H89N7O16/c1-40(54(2,3)4)37-43(60-53(72)78-55(5,6)7)39-41-13-10-14-42(38-41)59-47(65)16-11-24-58-52(71)44(61-48(66)17-12-26-62-49(67)18-19-50(62)68)15-8-9-23-56-45(63)20-27-73-31-34-76-30-25-57-46(64)21-28-74-32-35-77-36-33-75-29-22-51(69)70/h10,13-14,18-19,38,40,43-44H,8-9,11-12,15-17,20-37,39H2,1-7H3,(H,56,63)(H,57,64)(H,58,71)(H,59,65)(H,60,72)(H,61,66)(H,69,70)/t40?,43-,44+/m1/s1. The Bertz CT molecular complexity index is 2040. The van der Waals surface area contributed by atoms with E-state index in [1.54, 1.807) is 6.07 Å². The molecule has 0 saturated carbocycles. The molecule has 1 aromatic rings. The molecule has 0 radical (unpaired) electrons. The molecule has 1 heterocycles. The van der Waals surface area contributed by atoms with Gasteiger partial charge in [0.05, 0.1) is 72.5 Å². The van der Waals surface area contributed by atoms with Crippen molar-refractivity contribution in [2.75, 3.05) is 97.6 Å². The number of carboxylic acids is 1. The largest absolute Gasteiger partial charge is 0.481 e. The van der Waals surface area contributed by atoms with E-state index in [9.17, 15) is 43.2 Å². The zero-order valence-corrected chi connectivity index (χ0v) is 47.1. The highest BCUT2D eigenvalue weighted by atomic mass is 16.6. The lowest BCUT2D eigenvalue weighted by Gasteiger charge is -2.32. The molecule has 23 heteroatoms. The highest BCUT2D eigenvalue weighted by Crippen LogP contribution is 2.30. The molecule has 8 amide bonds. The summed E-state index contributed by atoms with van der Waals surface area (Å²) in [6, 6.07) is 6.33. The lowest BCUT2D eigenvalue weighted by atomic mass is 9.78. The number of nitrogens with zero attached hydrogens (tertiary/aromatic N) is 1. The van der Waals surface area contributed by atoms with Crippen LogP contribution in [0.4, 0.5) is 10.5 Å². The Labute approximate surface area is 460 Å². The molecular weight excluding hydrogens is 1010 g/mol. The van der Waals surface area contributed by atoms with E-state index in [2.05, 4.69) is 59.6 Å². The van der Waals surface area contributed by atoms with Gasteiger partial charge in [-0.3, -0.25) is 43.3 Å². The summed E-state index contributed by atoms with van der Waals surface area (Å²) in [4.78, 5) is 112. The molecule has 1 unspecified atom stereocenters. The third-order valence-electron chi connectivity index (χ3n) is 12.1. The van der Waals surface area contributed by atoms with Crippen LogP contribution in [0.1, 0.15) is 125 Å². The van der Waals surface area contributed by atoms with Crippen molar-refractivity contribution in [2.24, 2.45) is 11.3 Å². The summed E-state index contributed by atoms with van der Waals surface area (Å²) in [5.74, 6) is -3.06. The van der Waals surface area contributed by atoms with Crippen molar-refractivity contribution in [3.8, 4) is 0 Å². The lowest BCUT2D eigenvalue weighted by Crippen LogP contribution is -2.47. The van der Waals surface area contributed by atoms with Gasteiger partial charge < -0.3 is 65.4 Å². The second kappa shape index (κ2) is 38.5. The molecule has 1 aliphatic rings. The summed E-state index contributed by atoms with van der Waals surface area (Å²) < 4.78 is 32.3. The van der Waals surface area contributed by atoms with Crippen LogP contribution in [0.5, 0.6) is 0 Å². The van der Waals surface area contributed by atoms with Gasteiger partial charge in [-0.1, -0.05) is 39.8 Å². The molecule has 3 atom stereocenters. The maximum absolute atomic E-state index is 13.4. The van der Waals surface area contributed by atoms with E-state index >= 15 is 0 Å². The van der Waals surface area contributed by atoms with Gasteiger partial charge in [-0.05, 0) is 94.7 Å². The first kappa shape index (κ1) is 68.1. The number of amides is 8. The van der Waals surface area contributed by atoms with E-state index in [1.807, 2.05) is 39.0 Å². The van der Waals surface area contributed by atoms with Gasteiger partial charge in [0.2, 0.25) is 29.5 Å². The first-order valence-corrected chi connectivity index (χ1v) is 27.1. The number of carbonyl (C=O) groups is 9. The number of carboxylic acid groups (broad SMARTS) is 1. The molecule has 0 bridgehead atoms. The Morgan fingerprint density at radius 1 is 0.603 bits per heavy atom. The summed E-state index contributed by atoms with van der Waals surface area (Å²) in [5.41, 5.74) is 0.897. The SMILES string of the molecule is CC(C[C@H](Cc1cccc(NC(=O)CCCNC(=O)[C@H](CCCCNC(=O)CCOCCOCCNC(=O)CCOCCOCCOCCC(=O)O)NC(=O)CCCN2C(=O)C=CC2=O)c1)NC(=O)OC(C)(C)C)C(C)(C)C. The zero-order chi connectivity index (χ0) is 57.8. The average Bonchev–Trinajstić information content (AvgIpc) is 3.67. The first-order valence-electron chi connectivity index (χ1n) is 27.1. The number of benzene rings is 1. The Hall–Kier alpha value is -6.01. The number of rotatable bonds is 42. The second-order valence-electron chi connectivity index (χ2n) is 21.0. The molecule has 1 aliphatic heterocycles. The summed E-state index contributed by atoms with van der Waals surface area (Å²) >= 11 is 0. The average molecular weight is 1100 g/mol. The van der Waals surface area contributed by atoms with Gasteiger partial charge in [0.15, 0.2) is 0 Å². The van der Waals surface area contributed by atoms with Crippen molar-refractivity contribution < 1.29 is 76.7 Å². The van der Waals surface area contributed by atoms with Crippen molar-refractivity contribution in [2.45, 2.75) is 143 Å². The van der Waals surface area contributed by atoms with Crippen LogP contribution in [0.15, 0.2) is 36.4 Å². The molecule has 440 valence electrons. The van der Waals surface area contributed by atoms with E-state index in [-0.39, 0.29) is 139 Å². The fourth-order valence-electron chi connectivity index (χ4n) is 7.39. The minimum absolute atomic E-state index is 0.0208. The fourth-order valence-corrected chi connectivity index (χ4v) is 7.39. The van der Waals surface area contributed by atoms with E-state index < -0.39 is 47.3 Å². The molecule has 23 nitrogen and oxygen atoms in total. The van der Waals surface area contributed by atoms with Gasteiger partial charge in [0.25, 0.3) is 11.8 Å². The highest BCUT2D eigenvalue weighted by molar-refractivity contribution is 6.12. The molecule has 1 aromatic carbocycles. The molecule has 78 heavy (non-hydrogen) atoms. The minimum atomic E-state index is -0.920. The van der Waals surface area contributed by atoms with Crippen LogP contribution < -0.4 is 31.9 Å². The van der Waals surface area contributed by atoms with Gasteiger partial charge in [-0.15, -0.1) is 0 Å². The number of hydrogen-bond donors (Lipinski definition) is 7. The van der Waals surface area contributed by atoms with Crippen LogP contribution in [-0.2, 0) is 73.2 Å². The predicted molar refractivity (Wildman–Crippen MR) is 290 cm³/mol. The summed E-state index contributed by atoms with van der Waals surface area (Å²) in [6.45, 7) is 17.5. The normalized spacial score (nSPS) is 13.6. The molecule has 0 saturated heterocycles. The van der Waals surface area contributed by atoms with Crippen molar-refractivity contribution in [1.29, 1.82) is 0 Å². The van der Waals surface area contributed by atoms with Crippen molar-refractivity contribution >= 4 is 59.1 Å². The minimum Gasteiger partial charge on any atom is -0.481 e. The molecule has 7 N–H and O–H groups in total. The lowest BCUT2D eigenvalue weighted by molar-refractivity contribution is -0.139. The zero-order valence-electron chi connectivity index (χ0n) is 47.1. The van der Waals surface area contributed by atoms with Crippen molar-refractivity contribution in [3.63, 3.8) is 0 Å². The number of unbranched alkanes of at least 4 members (excludes halogenated alkanes) is 1. The van der Waals surface area contributed by atoms with Crippen LogP contribution in [0.3, 0.4) is 0 Å². The summed E-state index contributed by atoms with van der Waals surface area (Å²) in [7, 11) is 0. The summed E-state index contributed by atoms with van der Waals surface area (Å²) in [6.07, 6.45) is 5.19. The Balaban J connectivity index is 1.71. The number of anilines is 1. The van der Waals surface area contributed by atoms with E-state index in [4.69, 9.17) is 33.5 Å². The number of ether oxygens (including phenoxy) is 6. The van der Waals surface area contributed by atoms with Gasteiger partial charge in [0, 0.05) is 75.7 Å². The third-order valence-corrected chi connectivity index (χ3v) is 12.1. The highest BCUT2D eigenvalue weighted by Gasteiger charge is 2.28. The van der Waals surface area contributed by atoms with Crippen LogP contribution in [-0.4, -0.2) is 173 Å². The smallest absolute Gasteiger partial charge is 0.407 e. The number of alkyl carbamates (subject to hydrolysis) is 1. The molecule has 2 rings (SSSR count). The Kier molecular flexibility index (Phi) is 33.6. The van der Waals surface area contributed by atoms with Gasteiger partial charge in [-0.2, -0.15) is 0 Å². The van der Waals surface area contributed by atoms with Crippen molar-refractivity contribution in [3.05, 3.63) is 42.0 Å².